The van der Waals surface area contributed by atoms with Gasteiger partial charge in [-0.25, -0.2) is 0 Å². The molecule has 34 heavy (non-hydrogen) atoms. The van der Waals surface area contributed by atoms with Gasteiger partial charge in [-0.3, -0.25) is 19.6 Å². The number of nitrogens with one attached hydrogen (secondary N) is 3. The van der Waals surface area contributed by atoms with Crippen LogP contribution in [0.5, 0.6) is 0 Å². The van der Waals surface area contributed by atoms with E-state index in [0.29, 0.717) is 30.1 Å². The molecule has 2 heterocycles. The lowest BCUT2D eigenvalue weighted by atomic mass is 10.1. The molecule has 0 saturated carbocycles. The van der Waals surface area contributed by atoms with Crippen molar-refractivity contribution in [2.24, 2.45) is 0 Å². The van der Waals surface area contributed by atoms with Crippen LogP contribution in [0.1, 0.15) is 39.1 Å². The maximum atomic E-state index is 12.9. The van der Waals surface area contributed by atoms with Crippen LogP contribution in [0.15, 0.2) is 52.9 Å². The molecular weight excluding hydrogens is 478 g/mol. The predicted molar refractivity (Wildman–Crippen MR) is 128 cm³/mol. The van der Waals surface area contributed by atoms with Gasteiger partial charge in [0.1, 0.15) is 0 Å². The number of hydrogen-bond donors (Lipinski definition) is 3. The van der Waals surface area contributed by atoms with Crippen LogP contribution in [0.25, 0.3) is 0 Å². The normalized spacial score (nSPS) is 15.6. The first-order chi connectivity index (χ1) is 16.3. The Labute approximate surface area is 200 Å². The number of carbonyl (C=O) groups is 2. The number of carbonyl (C=O) groups excluding carboxylic acids is 2. The first kappa shape index (κ1) is 23.8. The van der Waals surface area contributed by atoms with Crippen LogP contribution >= 0.6 is 11.3 Å². The van der Waals surface area contributed by atoms with Crippen molar-refractivity contribution in [2.75, 3.05) is 23.2 Å². The number of aromatic nitrogens is 2. The number of rotatable bonds is 8. The lowest BCUT2D eigenvalue weighted by Gasteiger charge is -2.13. The topological polar surface area (TPSA) is 139 Å². The summed E-state index contributed by atoms with van der Waals surface area (Å²) in [6.45, 7) is 2.93. The lowest BCUT2D eigenvalue weighted by molar-refractivity contribution is 0.0858. The second-order valence-electron chi connectivity index (χ2n) is 7.69. The van der Waals surface area contributed by atoms with Gasteiger partial charge in [0.2, 0.25) is 5.13 Å². The first-order valence-electron chi connectivity index (χ1n) is 10.5. The van der Waals surface area contributed by atoms with Crippen molar-refractivity contribution in [3.05, 3.63) is 65.2 Å². The van der Waals surface area contributed by atoms with Crippen LogP contribution in [0.2, 0.25) is 0 Å². The third kappa shape index (κ3) is 5.76. The fourth-order valence-corrected chi connectivity index (χ4v) is 5.28. The van der Waals surface area contributed by atoms with Gasteiger partial charge in [0.15, 0.2) is 0 Å². The number of hydrogen-bond acceptors (Lipinski definition) is 8. The number of para-hydroxylation sites is 1. The summed E-state index contributed by atoms with van der Waals surface area (Å²) >= 11 is 0.705. The molecule has 1 aliphatic heterocycles. The number of anilines is 2. The number of aryl methyl sites for hydroxylation is 1. The van der Waals surface area contributed by atoms with E-state index in [-0.39, 0.29) is 26.8 Å². The maximum Gasteiger partial charge on any atom is 0.291 e. The van der Waals surface area contributed by atoms with Gasteiger partial charge in [-0.2, -0.15) is 8.42 Å². The molecule has 12 heteroatoms. The fourth-order valence-electron chi connectivity index (χ4n) is 3.31. The fraction of sp³-hybridized carbons (Fsp3) is 0.273. The minimum atomic E-state index is -4.15. The van der Waals surface area contributed by atoms with Gasteiger partial charge < -0.3 is 10.1 Å². The van der Waals surface area contributed by atoms with E-state index >= 15 is 0 Å². The highest BCUT2D eigenvalue weighted by atomic mass is 32.2. The monoisotopic (exact) mass is 501 g/mol. The zero-order valence-corrected chi connectivity index (χ0v) is 19.9. The molecule has 0 spiro atoms. The van der Waals surface area contributed by atoms with Gasteiger partial charge in [-0.1, -0.05) is 41.2 Å². The zero-order chi connectivity index (χ0) is 24.1. The Kier molecular flexibility index (Phi) is 7.20. The Bertz CT molecular complexity index is 1290. The molecule has 1 fully saturated rings. The second kappa shape index (κ2) is 10.3. The number of sulfonamides is 1. The van der Waals surface area contributed by atoms with E-state index in [1.807, 2.05) is 6.92 Å². The van der Waals surface area contributed by atoms with Crippen LogP contribution in [0, 0.1) is 6.92 Å². The van der Waals surface area contributed by atoms with Crippen molar-refractivity contribution in [3.8, 4) is 0 Å². The van der Waals surface area contributed by atoms with Crippen LogP contribution in [0.3, 0.4) is 0 Å². The summed E-state index contributed by atoms with van der Waals surface area (Å²) in [5, 5.41) is 12.8. The summed E-state index contributed by atoms with van der Waals surface area (Å²) in [7, 11) is -4.15. The third-order valence-electron chi connectivity index (χ3n) is 5.10. The Morgan fingerprint density at radius 3 is 2.59 bits per heavy atom. The van der Waals surface area contributed by atoms with Crippen molar-refractivity contribution in [1.29, 1.82) is 0 Å². The second-order valence-corrected chi connectivity index (χ2v) is 10.5. The van der Waals surface area contributed by atoms with E-state index in [4.69, 9.17) is 4.74 Å². The highest BCUT2D eigenvalue weighted by Crippen LogP contribution is 2.25. The SMILES string of the molecule is Cc1ccc(C(=O)Nc2nnc(S(=O)(=O)Nc3ccccc3C(=O)NC[C@H]3CCCO3)s2)cc1. The molecule has 3 N–H and O–H groups in total. The molecule has 1 aromatic heterocycles. The molecule has 3 aromatic rings. The molecule has 0 bridgehead atoms. The maximum absolute atomic E-state index is 12.9. The minimum Gasteiger partial charge on any atom is -0.376 e. The van der Waals surface area contributed by atoms with Gasteiger partial charge >= 0.3 is 0 Å². The Hall–Kier alpha value is -3.35. The Balaban J connectivity index is 1.44. The van der Waals surface area contributed by atoms with Gasteiger partial charge in [-0.15, -0.1) is 10.2 Å². The Morgan fingerprint density at radius 2 is 1.85 bits per heavy atom. The van der Waals surface area contributed by atoms with Gasteiger partial charge in [0, 0.05) is 18.7 Å². The first-order valence-corrected chi connectivity index (χ1v) is 12.8. The van der Waals surface area contributed by atoms with E-state index in [9.17, 15) is 18.0 Å². The molecule has 0 aliphatic carbocycles. The number of amides is 2. The van der Waals surface area contributed by atoms with E-state index in [0.717, 1.165) is 18.4 Å². The molecule has 4 rings (SSSR count). The molecule has 178 valence electrons. The summed E-state index contributed by atoms with van der Waals surface area (Å²) in [4.78, 5) is 25.0. The number of benzene rings is 2. The van der Waals surface area contributed by atoms with E-state index in [2.05, 4.69) is 25.6 Å². The average molecular weight is 502 g/mol. The third-order valence-corrected chi connectivity index (χ3v) is 7.67. The van der Waals surface area contributed by atoms with Gasteiger partial charge in [0.05, 0.1) is 17.4 Å². The molecule has 1 aliphatic rings. The van der Waals surface area contributed by atoms with Crippen LogP contribution in [-0.4, -0.2) is 49.7 Å². The van der Waals surface area contributed by atoms with Crippen molar-refractivity contribution < 1.29 is 22.7 Å². The highest BCUT2D eigenvalue weighted by Gasteiger charge is 2.24. The molecule has 1 saturated heterocycles. The average Bonchev–Trinajstić information content (AvgIpc) is 3.51. The van der Waals surface area contributed by atoms with Crippen molar-refractivity contribution in [3.63, 3.8) is 0 Å². The van der Waals surface area contributed by atoms with Gasteiger partial charge in [0.25, 0.3) is 26.2 Å². The number of ether oxygens (including phenoxy) is 1. The Morgan fingerprint density at radius 1 is 1.09 bits per heavy atom. The molecule has 0 radical (unpaired) electrons. The molecule has 10 nitrogen and oxygen atoms in total. The smallest absolute Gasteiger partial charge is 0.291 e. The van der Waals surface area contributed by atoms with E-state index in [1.165, 1.54) is 12.1 Å². The largest absolute Gasteiger partial charge is 0.376 e. The van der Waals surface area contributed by atoms with Crippen molar-refractivity contribution >= 4 is 44.0 Å². The van der Waals surface area contributed by atoms with Crippen LogP contribution < -0.4 is 15.4 Å². The zero-order valence-electron chi connectivity index (χ0n) is 18.3. The number of nitrogens with zero attached hydrogens (tertiary/aromatic N) is 2. The van der Waals surface area contributed by atoms with Crippen LogP contribution in [-0.2, 0) is 14.8 Å². The molecule has 2 amide bonds. The molecule has 1 atom stereocenters. The van der Waals surface area contributed by atoms with E-state index in [1.54, 1.807) is 36.4 Å². The van der Waals surface area contributed by atoms with E-state index < -0.39 is 21.8 Å². The summed E-state index contributed by atoms with van der Waals surface area (Å²) in [5.41, 5.74) is 1.69. The molecule has 0 unspecified atom stereocenters. The lowest BCUT2D eigenvalue weighted by Crippen LogP contribution is -2.32. The summed E-state index contributed by atoms with van der Waals surface area (Å²) < 4.78 is 33.3. The van der Waals surface area contributed by atoms with Crippen molar-refractivity contribution in [2.45, 2.75) is 30.2 Å². The van der Waals surface area contributed by atoms with Crippen molar-refractivity contribution in [1.82, 2.24) is 15.5 Å². The quantitative estimate of drug-likeness (QED) is 0.403. The summed E-state index contributed by atoms with van der Waals surface area (Å²) in [6, 6.07) is 13.2. The molecule has 2 aromatic carbocycles. The van der Waals surface area contributed by atoms with Gasteiger partial charge in [-0.05, 0) is 44.0 Å². The summed E-state index contributed by atoms with van der Waals surface area (Å²) in [5.74, 6) is -0.849. The molecular formula is C22H23N5O5S2. The predicted octanol–water partition coefficient (Wildman–Crippen LogP) is 2.81. The highest BCUT2D eigenvalue weighted by molar-refractivity contribution is 7.94. The summed E-state index contributed by atoms with van der Waals surface area (Å²) in [6.07, 6.45) is 1.78. The van der Waals surface area contributed by atoms with Crippen LogP contribution in [0.4, 0.5) is 10.8 Å². The standard InChI is InChI=1S/C22H23N5O5S2/c1-14-8-10-15(11-9-14)19(28)24-21-25-26-22(33-21)34(30,31)27-18-7-3-2-6-17(18)20(29)23-13-16-5-4-12-32-16/h2-3,6-11,16,27H,4-5,12-13H2,1H3,(H,23,29)(H,24,25,28)/t16-/m1/s1. The minimum absolute atomic E-state index is 0.0357.